The molecule has 0 aliphatic heterocycles. The highest BCUT2D eigenvalue weighted by atomic mass is 32.2. The molecule has 42 heavy (non-hydrogen) atoms. The molecule has 4 aromatic rings. The van der Waals surface area contributed by atoms with Gasteiger partial charge in [0.25, 0.3) is 5.91 Å². The Hall–Kier alpha value is -4.87. The molecule has 0 saturated heterocycles. The highest BCUT2D eigenvalue weighted by Gasteiger charge is 2.25. The van der Waals surface area contributed by atoms with Gasteiger partial charge in [0.15, 0.2) is 0 Å². The second-order valence-corrected chi connectivity index (χ2v) is 11.3. The molecule has 2 amide bonds. The molecule has 10 nitrogen and oxygen atoms in total. The van der Waals surface area contributed by atoms with Gasteiger partial charge in [-0.1, -0.05) is 30.3 Å². The molecule has 0 radical (unpaired) electrons. The average molecular weight is 586 g/mol. The zero-order chi connectivity index (χ0) is 30.1. The first-order valence-electron chi connectivity index (χ1n) is 13.0. The first-order valence-corrected chi connectivity index (χ1v) is 14.4. The van der Waals surface area contributed by atoms with Crippen LogP contribution in [0.1, 0.15) is 40.9 Å². The number of ether oxygens (including phenoxy) is 1. The molecule has 0 fully saturated rings. The molecule has 0 unspecified atom stereocenters. The Bertz CT molecular complexity index is 1670. The second-order valence-electron chi connectivity index (χ2n) is 9.41. The Labute approximate surface area is 245 Å². The Morgan fingerprint density at radius 1 is 0.881 bits per heavy atom. The van der Waals surface area contributed by atoms with Gasteiger partial charge in [-0.05, 0) is 78.2 Å². The van der Waals surface area contributed by atoms with Crippen LogP contribution in [0.4, 0.5) is 5.69 Å². The van der Waals surface area contributed by atoms with E-state index in [1.807, 2.05) is 12.1 Å². The van der Waals surface area contributed by atoms with Crippen LogP contribution in [0.25, 0.3) is 0 Å². The summed E-state index contributed by atoms with van der Waals surface area (Å²) in [6, 6.07) is 23.6. The third-order valence-corrected chi connectivity index (χ3v) is 8.09. The maximum Gasteiger partial charge on any atom is 0.271 e. The Balaban J connectivity index is 1.49. The van der Waals surface area contributed by atoms with Gasteiger partial charge in [-0.3, -0.25) is 14.6 Å². The van der Waals surface area contributed by atoms with E-state index in [9.17, 15) is 18.0 Å². The van der Waals surface area contributed by atoms with Crippen molar-refractivity contribution in [3.8, 4) is 5.75 Å². The number of rotatable bonds is 11. The van der Waals surface area contributed by atoms with Crippen molar-refractivity contribution in [2.75, 3.05) is 12.4 Å². The van der Waals surface area contributed by atoms with Gasteiger partial charge >= 0.3 is 0 Å². The Morgan fingerprint density at radius 2 is 1.60 bits per heavy atom. The summed E-state index contributed by atoms with van der Waals surface area (Å²) in [5.41, 5.74) is 6.26. The average Bonchev–Trinajstić information content (AvgIpc) is 3.00. The van der Waals surface area contributed by atoms with Crippen LogP contribution in [0, 0.1) is 0 Å². The molecule has 0 aliphatic carbocycles. The maximum atomic E-state index is 13.6. The minimum Gasteiger partial charge on any atom is -0.497 e. The first-order chi connectivity index (χ1) is 20.2. The van der Waals surface area contributed by atoms with E-state index in [-0.39, 0.29) is 23.9 Å². The van der Waals surface area contributed by atoms with E-state index in [0.717, 1.165) is 11.1 Å². The molecule has 216 valence electrons. The normalized spacial score (nSPS) is 11.7. The third-order valence-electron chi connectivity index (χ3n) is 6.28. The summed E-state index contributed by atoms with van der Waals surface area (Å²) in [6.45, 7) is 3.36. The fourth-order valence-electron chi connectivity index (χ4n) is 4.07. The third kappa shape index (κ3) is 7.87. The van der Waals surface area contributed by atoms with Crippen molar-refractivity contribution in [2.24, 2.45) is 5.10 Å². The quantitative estimate of drug-likeness (QED) is 0.196. The molecule has 0 aliphatic rings. The SMILES string of the molecule is COc1ccc(S(=O)(=O)N(Cc2ccc(C(=O)NN=C(C)c3cccc(NC(C)=O)c3)cc2)Cc2cccnc2)cc1. The summed E-state index contributed by atoms with van der Waals surface area (Å²) in [6.07, 6.45) is 3.26. The molecule has 2 N–H and O–H groups in total. The van der Waals surface area contributed by atoms with E-state index in [1.54, 1.807) is 80.0 Å². The van der Waals surface area contributed by atoms with Crippen LogP contribution in [-0.2, 0) is 27.9 Å². The molecule has 4 rings (SSSR count). The number of hydrazone groups is 1. The van der Waals surface area contributed by atoms with E-state index < -0.39 is 15.9 Å². The number of nitrogens with zero attached hydrogens (tertiary/aromatic N) is 3. The van der Waals surface area contributed by atoms with Crippen molar-refractivity contribution >= 4 is 33.2 Å². The van der Waals surface area contributed by atoms with Crippen molar-refractivity contribution in [2.45, 2.75) is 31.8 Å². The summed E-state index contributed by atoms with van der Waals surface area (Å²) in [5, 5.41) is 6.90. The standard InChI is InChI=1S/C31H31N5O5S/c1-22(27-7-4-8-28(18-27)33-23(2)37)34-35-31(38)26-11-9-24(10-12-26)20-36(21-25-6-5-17-32-19-25)42(39,40)30-15-13-29(41-3)14-16-30/h4-19H,20-21H2,1-3H3,(H,33,37)(H,35,38). The number of hydrogen-bond acceptors (Lipinski definition) is 7. The second kappa shape index (κ2) is 13.7. The number of nitrogens with one attached hydrogen (secondary N) is 2. The number of hydrogen-bond donors (Lipinski definition) is 2. The highest BCUT2D eigenvalue weighted by Crippen LogP contribution is 2.23. The minimum atomic E-state index is -3.87. The van der Waals surface area contributed by atoms with Gasteiger partial charge in [-0.2, -0.15) is 9.41 Å². The topological polar surface area (TPSA) is 130 Å². The number of carbonyl (C=O) groups excluding carboxylic acids is 2. The van der Waals surface area contributed by atoms with E-state index in [1.165, 1.54) is 30.5 Å². The maximum absolute atomic E-state index is 13.6. The molecule has 0 bridgehead atoms. The monoisotopic (exact) mass is 585 g/mol. The summed E-state index contributed by atoms with van der Waals surface area (Å²) < 4.78 is 33.8. The van der Waals surface area contributed by atoms with Crippen LogP contribution in [0.2, 0.25) is 0 Å². The zero-order valence-electron chi connectivity index (χ0n) is 23.4. The van der Waals surface area contributed by atoms with E-state index >= 15 is 0 Å². The van der Waals surface area contributed by atoms with Gasteiger partial charge in [0.1, 0.15) is 5.75 Å². The Morgan fingerprint density at radius 3 is 2.24 bits per heavy atom. The number of methoxy groups -OCH3 is 1. The van der Waals surface area contributed by atoms with Crippen molar-refractivity contribution in [3.63, 3.8) is 0 Å². The smallest absolute Gasteiger partial charge is 0.271 e. The van der Waals surface area contributed by atoms with Gasteiger partial charge in [-0.25, -0.2) is 13.8 Å². The van der Waals surface area contributed by atoms with Gasteiger partial charge < -0.3 is 10.1 Å². The largest absolute Gasteiger partial charge is 0.497 e. The zero-order valence-corrected chi connectivity index (χ0v) is 24.3. The lowest BCUT2D eigenvalue weighted by Crippen LogP contribution is -2.30. The number of amides is 2. The summed E-state index contributed by atoms with van der Waals surface area (Å²) in [7, 11) is -2.36. The van der Waals surface area contributed by atoms with Gasteiger partial charge in [0, 0.05) is 43.7 Å². The van der Waals surface area contributed by atoms with E-state index in [2.05, 4.69) is 20.8 Å². The van der Waals surface area contributed by atoms with Crippen molar-refractivity contribution in [1.82, 2.24) is 14.7 Å². The van der Waals surface area contributed by atoms with Crippen molar-refractivity contribution in [1.29, 1.82) is 0 Å². The van der Waals surface area contributed by atoms with Crippen LogP contribution >= 0.6 is 0 Å². The van der Waals surface area contributed by atoms with Crippen molar-refractivity contribution < 1.29 is 22.7 Å². The van der Waals surface area contributed by atoms with Crippen LogP contribution in [0.5, 0.6) is 5.75 Å². The molecular formula is C31H31N5O5S. The molecule has 11 heteroatoms. The van der Waals surface area contributed by atoms with Gasteiger partial charge in [0.2, 0.25) is 15.9 Å². The first kappa shape index (κ1) is 30.1. The number of benzene rings is 3. The lowest BCUT2D eigenvalue weighted by Gasteiger charge is -2.22. The predicted octanol–water partition coefficient (Wildman–Crippen LogP) is 4.59. The Kier molecular flexibility index (Phi) is 9.79. The fraction of sp³-hybridized carbons (Fsp3) is 0.161. The van der Waals surface area contributed by atoms with Crippen LogP contribution < -0.4 is 15.5 Å². The van der Waals surface area contributed by atoms with Crippen LogP contribution in [0.3, 0.4) is 0 Å². The van der Waals surface area contributed by atoms with E-state index in [0.29, 0.717) is 28.3 Å². The number of aromatic nitrogens is 1. The highest BCUT2D eigenvalue weighted by molar-refractivity contribution is 7.89. The summed E-state index contributed by atoms with van der Waals surface area (Å²) in [5.74, 6) is -0.0475. The summed E-state index contributed by atoms with van der Waals surface area (Å²) >= 11 is 0. The van der Waals surface area contributed by atoms with E-state index in [4.69, 9.17) is 4.74 Å². The van der Waals surface area contributed by atoms with Crippen LogP contribution in [0.15, 0.2) is 107 Å². The molecule has 0 saturated carbocycles. The number of pyridine rings is 1. The summed E-state index contributed by atoms with van der Waals surface area (Å²) in [4.78, 5) is 28.3. The number of carbonyl (C=O) groups is 2. The predicted molar refractivity (Wildman–Crippen MR) is 161 cm³/mol. The van der Waals surface area contributed by atoms with Gasteiger partial charge in [-0.15, -0.1) is 0 Å². The number of anilines is 1. The lowest BCUT2D eigenvalue weighted by atomic mass is 10.1. The minimum absolute atomic E-state index is 0.0764. The molecule has 1 aromatic heterocycles. The van der Waals surface area contributed by atoms with Gasteiger partial charge in [0.05, 0.1) is 17.7 Å². The molecule has 0 spiro atoms. The van der Waals surface area contributed by atoms with Crippen molar-refractivity contribution in [3.05, 3.63) is 120 Å². The molecule has 3 aromatic carbocycles. The lowest BCUT2D eigenvalue weighted by molar-refractivity contribution is -0.114. The van der Waals surface area contributed by atoms with Crippen LogP contribution in [-0.4, -0.2) is 42.3 Å². The molecule has 0 atom stereocenters. The molecular weight excluding hydrogens is 554 g/mol. The number of sulfonamides is 1. The molecule has 1 heterocycles. The fourth-order valence-corrected chi connectivity index (χ4v) is 5.49.